The molecule has 2 N–H and O–H groups in total. The van der Waals surface area contributed by atoms with Crippen LogP contribution in [0.4, 0.5) is 9.18 Å². The summed E-state index contributed by atoms with van der Waals surface area (Å²) >= 11 is 0. The Balaban J connectivity index is 1.77. The first kappa shape index (κ1) is 20.6. The van der Waals surface area contributed by atoms with Gasteiger partial charge in [0.1, 0.15) is 5.82 Å². The number of carbonyl (C=O) groups is 1. The van der Waals surface area contributed by atoms with Gasteiger partial charge in [-0.1, -0.05) is 18.6 Å². The van der Waals surface area contributed by atoms with E-state index in [1.54, 1.807) is 12.1 Å². The van der Waals surface area contributed by atoms with E-state index < -0.39 is 0 Å². The maximum atomic E-state index is 14.4. The molecule has 1 aromatic carbocycles. The number of rotatable bonds is 6. The van der Waals surface area contributed by atoms with E-state index in [9.17, 15) is 9.18 Å². The zero-order valence-electron chi connectivity index (χ0n) is 17.5. The number of nitrogens with zero attached hydrogens (tertiary/aromatic N) is 1. The van der Waals surface area contributed by atoms with Crippen molar-refractivity contribution in [3.05, 3.63) is 35.6 Å². The van der Waals surface area contributed by atoms with Crippen molar-refractivity contribution in [3.8, 4) is 0 Å². The number of nitrogens with one attached hydrogen (secondary N) is 2. The highest BCUT2D eigenvalue weighted by Crippen LogP contribution is 2.51. The van der Waals surface area contributed by atoms with Crippen LogP contribution in [0.2, 0.25) is 0 Å². The molecular weight excluding hydrogens is 369 g/mol. The maximum absolute atomic E-state index is 14.4. The molecule has 0 bridgehead atoms. The van der Waals surface area contributed by atoms with Crippen LogP contribution in [-0.4, -0.2) is 56.9 Å². The molecule has 2 saturated heterocycles. The molecule has 160 valence electrons. The van der Waals surface area contributed by atoms with Crippen LogP contribution in [0.15, 0.2) is 24.3 Å². The van der Waals surface area contributed by atoms with E-state index in [1.165, 1.54) is 13.5 Å². The summed E-state index contributed by atoms with van der Waals surface area (Å²) in [5.41, 5.74) is 0.951. The second-order valence-electron chi connectivity index (χ2n) is 8.98. The first-order valence-electron chi connectivity index (χ1n) is 11.2. The number of carbonyl (C=O) groups excluding carboxylic acids is 1. The minimum atomic E-state index is -0.357. The van der Waals surface area contributed by atoms with E-state index in [4.69, 9.17) is 4.74 Å². The van der Waals surface area contributed by atoms with Gasteiger partial charge in [-0.05, 0) is 87.8 Å². The molecule has 1 aliphatic carbocycles. The van der Waals surface area contributed by atoms with Gasteiger partial charge < -0.3 is 20.3 Å². The van der Waals surface area contributed by atoms with Gasteiger partial charge >= 0.3 is 6.09 Å². The second kappa shape index (κ2) is 9.00. The summed E-state index contributed by atoms with van der Waals surface area (Å²) in [4.78, 5) is 14.6. The summed E-state index contributed by atoms with van der Waals surface area (Å²) < 4.78 is 19.4. The van der Waals surface area contributed by atoms with Gasteiger partial charge in [-0.15, -0.1) is 0 Å². The predicted octanol–water partition coefficient (Wildman–Crippen LogP) is 3.29. The van der Waals surface area contributed by atoms with E-state index in [0.29, 0.717) is 5.92 Å². The van der Waals surface area contributed by atoms with E-state index in [1.807, 2.05) is 6.07 Å². The molecule has 1 unspecified atom stereocenters. The van der Waals surface area contributed by atoms with Crippen LogP contribution < -0.4 is 10.6 Å². The fourth-order valence-electron chi connectivity index (χ4n) is 6.07. The lowest BCUT2D eigenvalue weighted by atomic mass is 9.58. The molecule has 1 saturated carbocycles. The van der Waals surface area contributed by atoms with Crippen molar-refractivity contribution in [1.82, 2.24) is 15.5 Å². The molecule has 6 heteroatoms. The summed E-state index contributed by atoms with van der Waals surface area (Å²) in [7, 11) is 1.42. The summed E-state index contributed by atoms with van der Waals surface area (Å²) in [6.45, 7) is 5.19. The molecule has 1 amide bonds. The third-order valence-electron chi connectivity index (χ3n) is 7.53. The molecule has 0 spiro atoms. The predicted molar refractivity (Wildman–Crippen MR) is 111 cm³/mol. The van der Waals surface area contributed by atoms with Gasteiger partial charge in [-0.25, -0.2) is 9.18 Å². The number of halogens is 1. The summed E-state index contributed by atoms with van der Waals surface area (Å²) in [5.74, 6) is 0.586. The molecule has 3 atom stereocenters. The first-order valence-corrected chi connectivity index (χ1v) is 11.2. The minimum absolute atomic E-state index is 0.0712. The van der Waals surface area contributed by atoms with Crippen molar-refractivity contribution >= 4 is 6.09 Å². The number of piperidine rings is 1. The Hall–Kier alpha value is -1.66. The maximum Gasteiger partial charge on any atom is 0.407 e. The highest BCUT2D eigenvalue weighted by atomic mass is 19.1. The second-order valence-corrected chi connectivity index (χ2v) is 8.98. The minimum Gasteiger partial charge on any atom is -0.453 e. The zero-order valence-corrected chi connectivity index (χ0v) is 17.5. The van der Waals surface area contributed by atoms with Crippen molar-refractivity contribution in [2.75, 3.05) is 39.8 Å². The van der Waals surface area contributed by atoms with Crippen molar-refractivity contribution < 1.29 is 13.9 Å². The fraction of sp³-hybridized carbons (Fsp3) is 0.696. The fourth-order valence-corrected chi connectivity index (χ4v) is 6.07. The number of methoxy groups -OCH3 is 1. The topological polar surface area (TPSA) is 53.6 Å². The molecule has 3 fully saturated rings. The summed E-state index contributed by atoms with van der Waals surface area (Å²) in [6.07, 6.45) is 6.16. The van der Waals surface area contributed by atoms with Gasteiger partial charge in [-0.3, -0.25) is 0 Å². The van der Waals surface area contributed by atoms with E-state index in [0.717, 1.165) is 70.4 Å². The number of benzene rings is 1. The summed E-state index contributed by atoms with van der Waals surface area (Å²) in [5, 5.41) is 6.62. The SMILES string of the molecule is COC(=O)N[C@H]1CCC[C@@H]1C(CN1CCC1)(c1cccc(F)c1)C1CCNCC1. The van der Waals surface area contributed by atoms with Crippen molar-refractivity contribution in [2.45, 2.75) is 50.0 Å². The first-order chi connectivity index (χ1) is 14.1. The smallest absolute Gasteiger partial charge is 0.407 e. The Labute approximate surface area is 173 Å². The normalized spacial score (nSPS) is 27.8. The molecule has 5 nitrogen and oxygen atoms in total. The third kappa shape index (κ3) is 4.15. The zero-order chi connectivity index (χ0) is 20.3. The van der Waals surface area contributed by atoms with Crippen LogP contribution in [0.5, 0.6) is 0 Å². The standard InChI is InChI=1S/C23H34FN3O2/c1-29-22(28)26-21-8-3-7-20(21)23(16-27-13-4-14-27,17-9-11-25-12-10-17)18-5-2-6-19(24)15-18/h2,5-6,15,17,20-21,25H,3-4,7-14,16H2,1H3,(H,26,28)/t20-,21-,23?/m0/s1. The number of alkyl carbamates (subject to hydrolysis) is 1. The number of likely N-dealkylation sites (tertiary alicyclic amines) is 1. The molecular formula is C23H34FN3O2. The molecule has 29 heavy (non-hydrogen) atoms. The van der Waals surface area contributed by atoms with Crippen LogP contribution in [0.1, 0.15) is 44.1 Å². The van der Waals surface area contributed by atoms with Gasteiger partial charge in [0.2, 0.25) is 0 Å². The quantitative estimate of drug-likeness (QED) is 0.765. The van der Waals surface area contributed by atoms with Gasteiger partial charge in [0, 0.05) is 18.0 Å². The number of ether oxygens (including phenoxy) is 1. The lowest BCUT2D eigenvalue weighted by molar-refractivity contribution is 0.0421. The largest absolute Gasteiger partial charge is 0.453 e. The monoisotopic (exact) mass is 403 g/mol. The number of hydrogen-bond donors (Lipinski definition) is 2. The Morgan fingerprint density at radius 2 is 2.03 bits per heavy atom. The number of hydrogen-bond acceptors (Lipinski definition) is 4. The van der Waals surface area contributed by atoms with Gasteiger partial charge in [-0.2, -0.15) is 0 Å². The molecule has 1 aromatic rings. The summed E-state index contributed by atoms with van der Waals surface area (Å²) in [6, 6.07) is 7.35. The Bertz CT molecular complexity index is 705. The lowest BCUT2D eigenvalue weighted by Gasteiger charge is -2.53. The molecule has 2 aliphatic heterocycles. The molecule has 0 aromatic heterocycles. The molecule has 2 heterocycles. The highest BCUT2D eigenvalue weighted by Gasteiger charge is 2.52. The molecule has 4 rings (SSSR count). The van der Waals surface area contributed by atoms with E-state index in [2.05, 4.69) is 21.6 Å². The Kier molecular flexibility index (Phi) is 6.40. The van der Waals surface area contributed by atoms with Gasteiger partial charge in [0.15, 0.2) is 0 Å². The van der Waals surface area contributed by atoms with Crippen LogP contribution in [-0.2, 0) is 10.2 Å². The lowest BCUT2D eigenvalue weighted by Crippen LogP contribution is -2.59. The average molecular weight is 404 g/mol. The Morgan fingerprint density at radius 1 is 1.24 bits per heavy atom. The number of amides is 1. The Morgan fingerprint density at radius 3 is 2.69 bits per heavy atom. The van der Waals surface area contributed by atoms with Crippen LogP contribution in [0, 0.1) is 17.7 Å². The average Bonchev–Trinajstić information content (AvgIpc) is 3.16. The van der Waals surface area contributed by atoms with Gasteiger partial charge in [0.25, 0.3) is 0 Å². The van der Waals surface area contributed by atoms with Crippen LogP contribution in [0.25, 0.3) is 0 Å². The third-order valence-corrected chi connectivity index (χ3v) is 7.53. The molecule has 0 radical (unpaired) electrons. The van der Waals surface area contributed by atoms with Crippen molar-refractivity contribution in [2.24, 2.45) is 11.8 Å². The van der Waals surface area contributed by atoms with Gasteiger partial charge in [0.05, 0.1) is 7.11 Å². The van der Waals surface area contributed by atoms with Crippen LogP contribution >= 0.6 is 0 Å². The van der Waals surface area contributed by atoms with E-state index in [-0.39, 0.29) is 29.3 Å². The highest BCUT2D eigenvalue weighted by molar-refractivity contribution is 5.67. The molecule has 3 aliphatic rings. The van der Waals surface area contributed by atoms with Crippen molar-refractivity contribution in [3.63, 3.8) is 0 Å². The van der Waals surface area contributed by atoms with Crippen LogP contribution in [0.3, 0.4) is 0 Å². The van der Waals surface area contributed by atoms with Crippen molar-refractivity contribution in [1.29, 1.82) is 0 Å². The van der Waals surface area contributed by atoms with E-state index >= 15 is 0 Å².